The molecule has 0 bridgehead atoms. The molecule has 0 aliphatic carbocycles. The summed E-state index contributed by atoms with van der Waals surface area (Å²) < 4.78 is 35.8. The van der Waals surface area contributed by atoms with Gasteiger partial charge >= 0.3 is 10.5 Å². The van der Waals surface area contributed by atoms with Gasteiger partial charge in [0, 0.05) is 11.1 Å². The van der Waals surface area contributed by atoms with E-state index in [1.165, 1.54) is 24.3 Å². The van der Waals surface area contributed by atoms with Crippen LogP contribution in [-0.2, 0) is 10.5 Å². The summed E-state index contributed by atoms with van der Waals surface area (Å²) in [5.41, 5.74) is 0. The van der Waals surface area contributed by atoms with Crippen LogP contribution in [0.25, 0.3) is 0 Å². The van der Waals surface area contributed by atoms with Crippen LogP contribution in [0, 0.1) is 0 Å². The molecular weight excluding hydrogens is 207 g/mol. The molecule has 0 unspecified atom stereocenters. The second kappa shape index (κ2) is 3.28. The second-order valence-corrected chi connectivity index (χ2v) is 3.32. The van der Waals surface area contributed by atoms with E-state index < -0.39 is 10.5 Å². The maximum Gasteiger partial charge on any atom is 0.488 e. The molecule has 0 spiro atoms. The van der Waals surface area contributed by atoms with Gasteiger partial charge in [-0.2, -0.15) is 8.42 Å². The lowest BCUT2D eigenvalue weighted by Gasteiger charge is -1.98. The molecule has 0 aliphatic heterocycles. The van der Waals surface area contributed by atoms with Crippen molar-refractivity contribution in [2.45, 2.75) is 0 Å². The molecule has 12 heavy (non-hydrogen) atoms. The van der Waals surface area contributed by atoms with Crippen LogP contribution in [0.5, 0.6) is 5.75 Å². The molecule has 0 aromatic heterocycles. The largest absolute Gasteiger partial charge is 0.488 e. The fourth-order valence-corrected chi connectivity index (χ4v) is 1.15. The van der Waals surface area contributed by atoms with Gasteiger partial charge in [0.05, 0.1) is 0 Å². The topological polar surface area (TPSA) is 43.4 Å². The first-order valence-corrected chi connectivity index (χ1v) is 4.56. The molecule has 1 aromatic carbocycles. The molecule has 1 aromatic rings. The third kappa shape index (κ3) is 3.06. The average Bonchev–Trinajstić information content (AvgIpc) is 1.82. The summed E-state index contributed by atoms with van der Waals surface area (Å²) in [6, 6.07) is 5.43. The number of rotatable bonds is 2. The van der Waals surface area contributed by atoms with Crippen molar-refractivity contribution in [3.8, 4) is 5.75 Å². The van der Waals surface area contributed by atoms with Gasteiger partial charge in [-0.05, 0) is 12.1 Å². The zero-order valence-corrected chi connectivity index (χ0v) is 7.27. The third-order valence-corrected chi connectivity index (χ3v) is 1.62. The smallest absolute Gasteiger partial charge is 0.358 e. The first-order valence-electron chi connectivity index (χ1n) is 2.87. The third-order valence-electron chi connectivity index (χ3n) is 0.992. The Labute approximate surface area is 74.1 Å². The van der Waals surface area contributed by atoms with Crippen LogP contribution in [0.4, 0.5) is 3.89 Å². The van der Waals surface area contributed by atoms with Crippen molar-refractivity contribution >= 4 is 22.1 Å². The van der Waals surface area contributed by atoms with Crippen LogP contribution in [-0.4, -0.2) is 8.42 Å². The van der Waals surface area contributed by atoms with Crippen molar-refractivity contribution < 1.29 is 16.5 Å². The summed E-state index contributed by atoms with van der Waals surface area (Å²) in [6.07, 6.45) is 0. The van der Waals surface area contributed by atoms with E-state index in [0.29, 0.717) is 0 Å². The molecule has 0 fully saturated rings. The van der Waals surface area contributed by atoms with Crippen LogP contribution >= 0.6 is 11.6 Å². The SMILES string of the molecule is O=S(=O)(F)Oc1cccc(Cl)c1. The summed E-state index contributed by atoms with van der Waals surface area (Å²) in [6.45, 7) is 0. The summed E-state index contributed by atoms with van der Waals surface area (Å²) in [5, 5.41) is 0.274. The Hall–Kier alpha value is -0.810. The van der Waals surface area contributed by atoms with Crippen molar-refractivity contribution in [2.75, 3.05) is 0 Å². The monoisotopic (exact) mass is 210 g/mol. The first kappa shape index (κ1) is 9.28. The lowest BCUT2D eigenvalue weighted by atomic mass is 10.3. The van der Waals surface area contributed by atoms with Gasteiger partial charge in [-0.1, -0.05) is 21.6 Å². The summed E-state index contributed by atoms with van der Waals surface area (Å²) >= 11 is 5.48. The van der Waals surface area contributed by atoms with E-state index in [1.54, 1.807) is 0 Å². The lowest BCUT2D eigenvalue weighted by molar-refractivity contribution is 0.440. The van der Waals surface area contributed by atoms with Gasteiger partial charge in [0.1, 0.15) is 5.75 Å². The van der Waals surface area contributed by atoms with E-state index >= 15 is 0 Å². The minimum absolute atomic E-state index is 0.148. The van der Waals surface area contributed by atoms with Gasteiger partial charge in [0.25, 0.3) is 0 Å². The highest BCUT2D eigenvalue weighted by Gasteiger charge is 2.08. The molecule has 3 nitrogen and oxygen atoms in total. The fourth-order valence-electron chi connectivity index (χ4n) is 0.634. The quantitative estimate of drug-likeness (QED) is 0.701. The van der Waals surface area contributed by atoms with Crippen LogP contribution in [0.15, 0.2) is 24.3 Å². The number of halogens is 2. The van der Waals surface area contributed by atoms with Gasteiger partial charge in [-0.15, -0.1) is 0 Å². The maximum absolute atomic E-state index is 11.9. The molecule has 0 saturated heterocycles. The molecular formula is C6H4ClFO3S. The first-order chi connectivity index (χ1) is 5.47. The van der Waals surface area contributed by atoms with Crippen molar-refractivity contribution in [1.29, 1.82) is 0 Å². The average molecular weight is 211 g/mol. The Morgan fingerprint density at radius 2 is 2.08 bits per heavy atom. The Morgan fingerprint density at radius 1 is 1.42 bits per heavy atom. The van der Waals surface area contributed by atoms with Crippen molar-refractivity contribution in [3.63, 3.8) is 0 Å². The van der Waals surface area contributed by atoms with E-state index in [9.17, 15) is 12.3 Å². The van der Waals surface area contributed by atoms with Gasteiger partial charge < -0.3 is 4.18 Å². The Bertz CT molecular complexity index is 376. The number of hydrogen-bond donors (Lipinski definition) is 0. The van der Waals surface area contributed by atoms with Crippen molar-refractivity contribution in [2.24, 2.45) is 0 Å². The summed E-state index contributed by atoms with van der Waals surface area (Å²) in [5.74, 6) is -0.148. The maximum atomic E-state index is 11.9. The van der Waals surface area contributed by atoms with E-state index in [2.05, 4.69) is 4.18 Å². The minimum Gasteiger partial charge on any atom is -0.358 e. The van der Waals surface area contributed by atoms with Gasteiger partial charge in [-0.25, -0.2) is 0 Å². The van der Waals surface area contributed by atoms with Gasteiger partial charge in [0.15, 0.2) is 0 Å². The molecule has 0 N–H and O–H groups in total. The van der Waals surface area contributed by atoms with E-state index in [4.69, 9.17) is 11.6 Å². The Balaban J connectivity index is 2.91. The molecule has 0 aliphatic rings. The highest BCUT2D eigenvalue weighted by Crippen LogP contribution is 2.18. The molecule has 6 heteroatoms. The molecule has 0 heterocycles. The standard InChI is InChI=1S/C6H4ClFO3S/c7-5-2-1-3-6(4-5)11-12(8,9)10/h1-4H. The molecule has 0 saturated carbocycles. The van der Waals surface area contributed by atoms with Crippen molar-refractivity contribution in [1.82, 2.24) is 0 Å². The molecule has 0 radical (unpaired) electrons. The molecule has 0 atom stereocenters. The summed E-state index contributed by atoms with van der Waals surface area (Å²) in [7, 11) is -4.95. The normalized spacial score (nSPS) is 11.2. The van der Waals surface area contributed by atoms with E-state index in [-0.39, 0.29) is 10.8 Å². The molecule has 66 valence electrons. The highest BCUT2D eigenvalue weighted by atomic mass is 35.5. The fraction of sp³-hybridized carbons (Fsp3) is 0. The molecule has 1 rings (SSSR count). The van der Waals surface area contributed by atoms with Crippen molar-refractivity contribution in [3.05, 3.63) is 29.3 Å². The Kier molecular flexibility index (Phi) is 2.54. The predicted molar refractivity (Wildman–Crippen MR) is 42.1 cm³/mol. The van der Waals surface area contributed by atoms with E-state index in [1.807, 2.05) is 0 Å². The van der Waals surface area contributed by atoms with Crippen LogP contribution in [0.2, 0.25) is 5.02 Å². The van der Waals surface area contributed by atoms with Gasteiger partial charge in [-0.3, -0.25) is 0 Å². The van der Waals surface area contributed by atoms with Crippen LogP contribution in [0.3, 0.4) is 0 Å². The van der Waals surface area contributed by atoms with E-state index in [0.717, 1.165) is 0 Å². The van der Waals surface area contributed by atoms with Gasteiger partial charge in [0.2, 0.25) is 0 Å². The van der Waals surface area contributed by atoms with Crippen LogP contribution < -0.4 is 4.18 Å². The second-order valence-electron chi connectivity index (χ2n) is 1.93. The summed E-state index contributed by atoms with van der Waals surface area (Å²) in [4.78, 5) is 0. The zero-order chi connectivity index (χ0) is 9.19. The Morgan fingerprint density at radius 3 is 2.58 bits per heavy atom. The zero-order valence-electron chi connectivity index (χ0n) is 5.70. The highest BCUT2D eigenvalue weighted by molar-refractivity contribution is 7.81. The minimum atomic E-state index is -4.95. The number of hydrogen-bond acceptors (Lipinski definition) is 3. The predicted octanol–water partition coefficient (Wildman–Crippen LogP) is 1.93. The molecule has 0 amide bonds. The lowest BCUT2D eigenvalue weighted by Crippen LogP contribution is -2.00. The number of benzene rings is 1. The van der Waals surface area contributed by atoms with Crippen LogP contribution in [0.1, 0.15) is 0 Å².